The van der Waals surface area contributed by atoms with E-state index >= 15 is 0 Å². The number of hydrogen-bond acceptors (Lipinski definition) is 4. The number of benzene rings is 1. The Labute approximate surface area is 169 Å². The second kappa shape index (κ2) is 9.24. The molecule has 0 aliphatic carbocycles. The molecule has 1 saturated heterocycles. The van der Waals surface area contributed by atoms with Crippen LogP contribution in [0.3, 0.4) is 0 Å². The van der Waals surface area contributed by atoms with Gasteiger partial charge in [0.05, 0.1) is 0 Å². The third-order valence-corrected chi connectivity index (χ3v) is 6.65. The maximum Gasteiger partial charge on any atom is 0.333 e. The molecular weight excluding hydrogens is 376 g/mol. The number of carbonyl (C=O) groups is 1. The number of rotatable bonds is 6. The van der Waals surface area contributed by atoms with Crippen LogP contribution in [0.5, 0.6) is 0 Å². The van der Waals surface area contributed by atoms with E-state index in [9.17, 15) is 13.2 Å². The first-order valence-electron chi connectivity index (χ1n) is 10.0. The Morgan fingerprint density at radius 1 is 1.04 bits per heavy atom. The molecular formula is C20H34N4O3S. The number of aryl methyl sites for hydroxylation is 1. The molecule has 2 rings (SSSR count). The summed E-state index contributed by atoms with van der Waals surface area (Å²) in [6.45, 7) is 15.3. The zero-order valence-electron chi connectivity index (χ0n) is 17.9. The highest BCUT2D eigenvalue weighted by atomic mass is 32.2. The Kier molecular flexibility index (Phi) is 7.47. The van der Waals surface area contributed by atoms with Crippen molar-refractivity contribution in [2.75, 3.05) is 38.0 Å². The summed E-state index contributed by atoms with van der Waals surface area (Å²) in [4.78, 5) is 14.8. The van der Waals surface area contributed by atoms with E-state index in [1.807, 2.05) is 19.1 Å². The van der Waals surface area contributed by atoms with E-state index in [0.717, 1.165) is 23.2 Å². The molecule has 2 N–H and O–H groups in total. The van der Waals surface area contributed by atoms with Gasteiger partial charge in [0, 0.05) is 31.9 Å². The summed E-state index contributed by atoms with van der Waals surface area (Å²) < 4.78 is 28.7. The number of carbonyl (C=O) groups excluding carboxylic acids is 1. The van der Waals surface area contributed by atoms with Crippen LogP contribution in [-0.4, -0.2) is 56.4 Å². The maximum absolute atomic E-state index is 12.6. The lowest BCUT2D eigenvalue weighted by molar-refractivity contribution is 0.195. The average molecular weight is 411 g/mol. The fourth-order valence-electron chi connectivity index (χ4n) is 3.51. The molecule has 1 aromatic carbocycles. The van der Waals surface area contributed by atoms with Crippen LogP contribution in [0.15, 0.2) is 12.1 Å². The van der Waals surface area contributed by atoms with Crippen LogP contribution < -0.4 is 10.0 Å². The SMILES string of the molecule is CCN1CCN(S(=O)(=O)NC(=O)Nc2c(C(C)C)cc(C)cc2C(C)C)CC1. The topological polar surface area (TPSA) is 81.8 Å². The quantitative estimate of drug-likeness (QED) is 0.754. The van der Waals surface area contributed by atoms with E-state index < -0.39 is 16.2 Å². The van der Waals surface area contributed by atoms with E-state index in [1.165, 1.54) is 4.31 Å². The maximum atomic E-state index is 12.6. The van der Waals surface area contributed by atoms with Crippen molar-refractivity contribution in [1.29, 1.82) is 0 Å². The molecule has 7 nitrogen and oxygen atoms in total. The molecule has 1 aliphatic rings. The third-order valence-electron chi connectivity index (χ3n) is 5.17. The molecule has 8 heteroatoms. The van der Waals surface area contributed by atoms with Gasteiger partial charge in [-0.25, -0.2) is 9.52 Å². The Morgan fingerprint density at radius 2 is 1.54 bits per heavy atom. The number of urea groups is 1. The molecule has 1 aliphatic heterocycles. The molecule has 28 heavy (non-hydrogen) atoms. The molecule has 0 radical (unpaired) electrons. The Balaban J connectivity index is 2.19. The normalized spacial score (nSPS) is 16.6. The minimum atomic E-state index is -3.86. The van der Waals surface area contributed by atoms with Gasteiger partial charge in [-0.1, -0.05) is 52.3 Å². The zero-order chi connectivity index (χ0) is 21.1. The fraction of sp³-hybridized carbons (Fsp3) is 0.650. The number of anilines is 1. The standard InChI is InChI=1S/C20H34N4O3S/c1-7-23-8-10-24(11-9-23)28(26,27)22-20(25)21-19-17(14(2)3)12-16(6)13-18(19)15(4)5/h12-15H,7-11H2,1-6H3,(H2,21,22,25). The van der Waals surface area contributed by atoms with Crippen molar-refractivity contribution in [3.05, 3.63) is 28.8 Å². The number of nitrogens with zero attached hydrogens (tertiary/aromatic N) is 2. The molecule has 1 heterocycles. The lowest BCUT2D eigenvalue weighted by Gasteiger charge is -2.33. The minimum Gasteiger partial charge on any atom is -0.307 e. The Morgan fingerprint density at radius 3 is 1.96 bits per heavy atom. The second-order valence-corrected chi connectivity index (χ2v) is 9.69. The summed E-state index contributed by atoms with van der Waals surface area (Å²) in [7, 11) is -3.86. The van der Waals surface area contributed by atoms with Crippen molar-refractivity contribution >= 4 is 21.9 Å². The van der Waals surface area contributed by atoms with E-state index in [4.69, 9.17) is 0 Å². The van der Waals surface area contributed by atoms with Crippen LogP contribution in [-0.2, 0) is 10.2 Å². The van der Waals surface area contributed by atoms with Crippen LogP contribution >= 0.6 is 0 Å². The van der Waals surface area contributed by atoms with Crippen LogP contribution in [0, 0.1) is 6.92 Å². The highest BCUT2D eigenvalue weighted by Crippen LogP contribution is 2.33. The number of hydrogen-bond donors (Lipinski definition) is 2. The Bertz CT molecular complexity index is 769. The van der Waals surface area contributed by atoms with Gasteiger partial charge < -0.3 is 10.2 Å². The van der Waals surface area contributed by atoms with E-state index in [0.29, 0.717) is 31.9 Å². The summed E-state index contributed by atoms with van der Waals surface area (Å²) in [5.41, 5.74) is 3.85. The van der Waals surface area contributed by atoms with E-state index in [1.54, 1.807) is 0 Å². The highest BCUT2D eigenvalue weighted by Gasteiger charge is 2.28. The van der Waals surface area contributed by atoms with Crippen molar-refractivity contribution < 1.29 is 13.2 Å². The lowest BCUT2D eigenvalue weighted by Crippen LogP contribution is -2.53. The van der Waals surface area contributed by atoms with Gasteiger partial charge in [-0.05, 0) is 36.4 Å². The first-order chi connectivity index (χ1) is 13.0. The van der Waals surface area contributed by atoms with Gasteiger partial charge in [0.2, 0.25) is 0 Å². The number of likely N-dealkylation sites (N-methyl/N-ethyl adjacent to an activating group) is 1. The highest BCUT2D eigenvalue weighted by molar-refractivity contribution is 7.87. The molecule has 1 fully saturated rings. The third kappa shape index (κ3) is 5.46. The van der Waals surface area contributed by atoms with Crippen molar-refractivity contribution in [1.82, 2.24) is 13.9 Å². The monoisotopic (exact) mass is 410 g/mol. The van der Waals surface area contributed by atoms with Gasteiger partial charge in [-0.3, -0.25) is 0 Å². The van der Waals surface area contributed by atoms with Crippen LogP contribution in [0.1, 0.15) is 63.1 Å². The largest absolute Gasteiger partial charge is 0.333 e. The van der Waals surface area contributed by atoms with Gasteiger partial charge in [0.25, 0.3) is 0 Å². The van der Waals surface area contributed by atoms with Crippen molar-refractivity contribution in [3.8, 4) is 0 Å². The van der Waals surface area contributed by atoms with Gasteiger partial charge in [0.1, 0.15) is 0 Å². The molecule has 0 saturated carbocycles. The van der Waals surface area contributed by atoms with Gasteiger partial charge >= 0.3 is 16.2 Å². The van der Waals surface area contributed by atoms with Crippen LogP contribution in [0.25, 0.3) is 0 Å². The molecule has 0 atom stereocenters. The van der Waals surface area contributed by atoms with Crippen molar-refractivity contribution in [2.24, 2.45) is 0 Å². The fourth-order valence-corrected chi connectivity index (χ4v) is 4.56. The van der Waals surface area contributed by atoms with Crippen LogP contribution in [0.4, 0.5) is 10.5 Å². The van der Waals surface area contributed by atoms with Gasteiger partial charge in [0.15, 0.2) is 0 Å². The predicted molar refractivity (Wildman–Crippen MR) is 114 cm³/mol. The summed E-state index contributed by atoms with van der Waals surface area (Å²) in [6, 6.07) is 3.38. The van der Waals surface area contributed by atoms with Crippen LogP contribution in [0.2, 0.25) is 0 Å². The predicted octanol–water partition coefficient (Wildman–Crippen LogP) is 3.25. The van der Waals surface area contributed by atoms with Crippen molar-refractivity contribution in [2.45, 2.75) is 53.4 Å². The minimum absolute atomic E-state index is 0.200. The smallest absolute Gasteiger partial charge is 0.307 e. The molecule has 2 amide bonds. The van der Waals surface area contributed by atoms with Gasteiger partial charge in [-0.15, -0.1) is 0 Å². The average Bonchev–Trinajstić information content (AvgIpc) is 2.62. The molecule has 0 unspecified atom stereocenters. The first-order valence-corrected chi connectivity index (χ1v) is 11.4. The summed E-state index contributed by atoms with van der Waals surface area (Å²) in [5, 5.41) is 2.82. The molecule has 0 aromatic heterocycles. The number of nitrogens with one attached hydrogen (secondary N) is 2. The second-order valence-electron chi connectivity index (χ2n) is 8.02. The summed E-state index contributed by atoms with van der Waals surface area (Å²) in [5.74, 6) is 0.401. The van der Waals surface area contributed by atoms with E-state index in [2.05, 4.69) is 49.6 Å². The number of piperazine rings is 1. The lowest BCUT2D eigenvalue weighted by atomic mass is 9.90. The molecule has 1 aromatic rings. The number of amides is 2. The van der Waals surface area contributed by atoms with E-state index in [-0.39, 0.29) is 11.8 Å². The summed E-state index contributed by atoms with van der Waals surface area (Å²) in [6.07, 6.45) is 0. The Hall–Kier alpha value is -1.64. The van der Waals surface area contributed by atoms with Gasteiger partial charge in [-0.2, -0.15) is 12.7 Å². The molecule has 0 spiro atoms. The summed E-state index contributed by atoms with van der Waals surface area (Å²) >= 11 is 0. The molecule has 158 valence electrons. The molecule has 0 bridgehead atoms. The van der Waals surface area contributed by atoms with Crippen molar-refractivity contribution in [3.63, 3.8) is 0 Å². The first kappa shape index (κ1) is 22.6. The zero-order valence-corrected chi connectivity index (χ0v) is 18.7.